The Morgan fingerprint density at radius 3 is 2.71 bits per heavy atom. The molecule has 0 amide bonds. The first kappa shape index (κ1) is 14.1. The molecule has 0 saturated heterocycles. The van der Waals surface area contributed by atoms with Crippen LogP contribution in [0.5, 0.6) is 5.75 Å². The zero-order chi connectivity index (χ0) is 14.7. The van der Waals surface area contributed by atoms with Gasteiger partial charge in [0.2, 0.25) is 11.7 Å². The van der Waals surface area contributed by atoms with E-state index < -0.39 is 5.60 Å². The van der Waals surface area contributed by atoms with Gasteiger partial charge in [-0.1, -0.05) is 42.6 Å². The highest BCUT2D eigenvalue weighted by atomic mass is 16.5. The van der Waals surface area contributed by atoms with Gasteiger partial charge in [0.15, 0.2) is 0 Å². The van der Waals surface area contributed by atoms with E-state index >= 15 is 0 Å². The Morgan fingerprint density at radius 1 is 1.24 bits per heavy atom. The van der Waals surface area contributed by atoms with E-state index in [0.717, 1.165) is 31.2 Å². The van der Waals surface area contributed by atoms with E-state index in [2.05, 4.69) is 10.1 Å². The van der Waals surface area contributed by atoms with Gasteiger partial charge in [0.05, 0.1) is 6.42 Å². The van der Waals surface area contributed by atoms with Gasteiger partial charge in [-0.3, -0.25) is 0 Å². The van der Waals surface area contributed by atoms with Gasteiger partial charge in [-0.15, -0.1) is 0 Å². The zero-order valence-corrected chi connectivity index (χ0v) is 12.2. The van der Waals surface area contributed by atoms with E-state index in [9.17, 15) is 5.11 Å². The molecule has 3 rings (SSSR count). The van der Waals surface area contributed by atoms with Crippen molar-refractivity contribution in [1.29, 1.82) is 0 Å². The molecule has 0 aliphatic heterocycles. The number of aromatic hydroxyl groups is 1. The van der Waals surface area contributed by atoms with Crippen molar-refractivity contribution in [3.8, 4) is 5.75 Å². The van der Waals surface area contributed by atoms with Crippen LogP contribution in [-0.2, 0) is 16.8 Å². The Bertz CT molecular complexity index is 603. The lowest BCUT2D eigenvalue weighted by Crippen LogP contribution is -2.32. The van der Waals surface area contributed by atoms with Crippen molar-refractivity contribution in [3.05, 3.63) is 41.5 Å². The molecule has 1 aromatic heterocycles. The molecule has 0 unspecified atom stereocenters. The first-order valence-corrected chi connectivity index (χ1v) is 7.39. The molecule has 5 nitrogen and oxygen atoms in total. The second-order valence-electron chi connectivity index (χ2n) is 5.58. The predicted octanol–water partition coefficient (Wildman–Crippen LogP) is 3.17. The lowest BCUT2D eigenvalue weighted by molar-refractivity contribution is -0.0527. The molecule has 0 bridgehead atoms. The number of phenolic OH excluding ortho intramolecular Hbond substituents is 1. The third kappa shape index (κ3) is 2.78. The van der Waals surface area contributed by atoms with Crippen molar-refractivity contribution in [1.82, 2.24) is 10.1 Å². The molecule has 1 saturated carbocycles. The number of ether oxygens (including phenoxy) is 1. The van der Waals surface area contributed by atoms with Crippen LogP contribution >= 0.6 is 0 Å². The molecule has 2 aromatic rings. The Balaban J connectivity index is 1.81. The zero-order valence-electron chi connectivity index (χ0n) is 12.2. The molecule has 0 atom stereocenters. The first-order chi connectivity index (χ1) is 10.2. The fourth-order valence-corrected chi connectivity index (χ4v) is 2.98. The van der Waals surface area contributed by atoms with E-state index in [1.165, 1.54) is 6.42 Å². The van der Waals surface area contributed by atoms with Crippen LogP contribution in [0.4, 0.5) is 0 Å². The molecule has 1 aromatic carbocycles. The highest BCUT2D eigenvalue weighted by Gasteiger charge is 2.38. The summed E-state index contributed by atoms with van der Waals surface area (Å²) in [6.07, 6.45) is 5.76. The maximum atomic E-state index is 9.81. The Hall–Kier alpha value is -1.88. The predicted molar refractivity (Wildman–Crippen MR) is 77.0 cm³/mol. The Morgan fingerprint density at radius 2 is 2.00 bits per heavy atom. The maximum absolute atomic E-state index is 9.81. The van der Waals surface area contributed by atoms with Crippen molar-refractivity contribution in [3.63, 3.8) is 0 Å². The van der Waals surface area contributed by atoms with Crippen molar-refractivity contribution in [2.24, 2.45) is 0 Å². The third-order valence-corrected chi connectivity index (χ3v) is 4.26. The highest BCUT2D eigenvalue weighted by Crippen LogP contribution is 2.38. The summed E-state index contributed by atoms with van der Waals surface area (Å²) >= 11 is 0. The summed E-state index contributed by atoms with van der Waals surface area (Å²) in [6, 6.07) is 7.18. The second-order valence-corrected chi connectivity index (χ2v) is 5.58. The van der Waals surface area contributed by atoms with Crippen LogP contribution in [0.15, 0.2) is 28.8 Å². The van der Waals surface area contributed by atoms with E-state index in [0.29, 0.717) is 18.1 Å². The van der Waals surface area contributed by atoms with Crippen molar-refractivity contribution in [2.45, 2.75) is 44.1 Å². The van der Waals surface area contributed by atoms with Gasteiger partial charge in [-0.2, -0.15) is 4.98 Å². The fraction of sp³-hybridized carbons (Fsp3) is 0.500. The lowest BCUT2D eigenvalue weighted by atomic mass is 9.84. The van der Waals surface area contributed by atoms with Crippen molar-refractivity contribution >= 4 is 0 Å². The minimum atomic E-state index is -0.404. The maximum Gasteiger partial charge on any atom is 0.231 e. The summed E-state index contributed by atoms with van der Waals surface area (Å²) in [5.74, 6) is 1.39. The summed E-state index contributed by atoms with van der Waals surface area (Å²) in [7, 11) is 1.71. The van der Waals surface area contributed by atoms with Crippen molar-refractivity contribution < 1.29 is 14.4 Å². The van der Waals surface area contributed by atoms with E-state index in [-0.39, 0.29) is 5.75 Å². The van der Waals surface area contributed by atoms with Crippen molar-refractivity contribution in [2.75, 3.05) is 7.11 Å². The summed E-state index contributed by atoms with van der Waals surface area (Å²) in [6.45, 7) is 0. The van der Waals surface area contributed by atoms with Crippen LogP contribution in [0.3, 0.4) is 0 Å². The molecule has 112 valence electrons. The molecule has 1 heterocycles. The van der Waals surface area contributed by atoms with E-state index in [1.807, 2.05) is 12.1 Å². The average Bonchev–Trinajstić information content (AvgIpc) is 2.99. The largest absolute Gasteiger partial charge is 0.508 e. The smallest absolute Gasteiger partial charge is 0.231 e. The highest BCUT2D eigenvalue weighted by molar-refractivity contribution is 5.33. The number of nitrogens with zero attached hydrogens (tertiary/aromatic N) is 2. The molecular weight excluding hydrogens is 268 g/mol. The average molecular weight is 288 g/mol. The molecule has 1 fully saturated rings. The number of benzene rings is 1. The number of rotatable bonds is 4. The van der Waals surface area contributed by atoms with Crippen LogP contribution < -0.4 is 0 Å². The van der Waals surface area contributed by atoms with Gasteiger partial charge >= 0.3 is 0 Å². The number of hydrogen-bond donors (Lipinski definition) is 1. The van der Waals surface area contributed by atoms with Gasteiger partial charge < -0.3 is 14.4 Å². The molecular formula is C16H20N2O3. The molecule has 5 heteroatoms. The van der Waals surface area contributed by atoms with E-state index in [4.69, 9.17) is 9.26 Å². The van der Waals surface area contributed by atoms with Gasteiger partial charge in [0, 0.05) is 12.7 Å². The summed E-state index contributed by atoms with van der Waals surface area (Å²) in [5, 5.41) is 13.9. The monoisotopic (exact) mass is 288 g/mol. The van der Waals surface area contributed by atoms with Crippen LogP contribution in [0.25, 0.3) is 0 Å². The molecule has 1 aliphatic rings. The lowest BCUT2D eigenvalue weighted by Gasteiger charge is -2.32. The first-order valence-electron chi connectivity index (χ1n) is 7.39. The summed E-state index contributed by atoms with van der Waals surface area (Å²) in [5.41, 5.74) is 0.376. The van der Waals surface area contributed by atoms with Crippen LogP contribution in [0.1, 0.15) is 49.4 Å². The number of aromatic nitrogens is 2. The van der Waals surface area contributed by atoms with Crippen LogP contribution in [0.2, 0.25) is 0 Å². The number of hydrogen-bond acceptors (Lipinski definition) is 5. The number of phenols is 1. The van der Waals surface area contributed by atoms with E-state index in [1.54, 1.807) is 19.2 Å². The minimum Gasteiger partial charge on any atom is -0.508 e. The summed E-state index contributed by atoms with van der Waals surface area (Å²) < 4.78 is 11.1. The molecule has 1 N–H and O–H groups in total. The topological polar surface area (TPSA) is 68.4 Å². The van der Waals surface area contributed by atoms with Gasteiger partial charge in [-0.25, -0.2) is 0 Å². The van der Waals surface area contributed by atoms with Crippen LogP contribution in [0, 0.1) is 0 Å². The summed E-state index contributed by atoms with van der Waals surface area (Å²) in [4.78, 5) is 4.50. The Labute approximate surface area is 123 Å². The SMILES string of the molecule is COC1(c2noc(Cc3ccccc3O)n2)CCCCC1. The third-order valence-electron chi connectivity index (χ3n) is 4.26. The number of methoxy groups -OCH3 is 1. The second kappa shape index (κ2) is 5.85. The normalized spacial score (nSPS) is 17.8. The van der Waals surface area contributed by atoms with Gasteiger partial charge in [0.25, 0.3) is 0 Å². The quantitative estimate of drug-likeness (QED) is 0.935. The van der Waals surface area contributed by atoms with Gasteiger partial charge in [-0.05, 0) is 18.9 Å². The molecule has 0 radical (unpaired) electrons. The Kier molecular flexibility index (Phi) is 3.92. The minimum absolute atomic E-state index is 0.247. The number of para-hydroxylation sites is 1. The fourth-order valence-electron chi connectivity index (χ4n) is 2.98. The molecule has 0 spiro atoms. The van der Waals surface area contributed by atoms with Crippen LogP contribution in [-0.4, -0.2) is 22.4 Å². The molecule has 21 heavy (non-hydrogen) atoms. The van der Waals surface area contributed by atoms with Gasteiger partial charge in [0.1, 0.15) is 11.4 Å². The standard InChI is InChI=1S/C16H20N2O3/c1-20-16(9-5-2-6-10-16)15-17-14(21-18-15)11-12-7-3-4-8-13(12)19/h3-4,7-8,19H,2,5-6,9-11H2,1H3. The molecule has 1 aliphatic carbocycles.